The van der Waals surface area contributed by atoms with Crippen LogP contribution in [-0.2, 0) is 13.6 Å². The fourth-order valence-electron chi connectivity index (χ4n) is 3.00. The number of hydrogen-bond donors (Lipinski definition) is 1. The maximum Gasteiger partial charge on any atom is 0.0597 e. The van der Waals surface area contributed by atoms with E-state index < -0.39 is 0 Å². The highest BCUT2D eigenvalue weighted by molar-refractivity contribution is 5.08. The molecule has 0 spiro atoms. The third-order valence-electron chi connectivity index (χ3n) is 3.89. The van der Waals surface area contributed by atoms with Crippen LogP contribution in [0, 0.1) is 12.8 Å². The molecule has 0 amide bonds. The van der Waals surface area contributed by atoms with Crippen molar-refractivity contribution in [1.82, 2.24) is 20.0 Å². The lowest BCUT2D eigenvalue weighted by Crippen LogP contribution is -2.44. The number of nitrogens with zero attached hydrogens (tertiary/aromatic N) is 3. The summed E-state index contributed by atoms with van der Waals surface area (Å²) in [6.45, 7) is 11.2. The van der Waals surface area contributed by atoms with Crippen molar-refractivity contribution >= 4 is 0 Å². The summed E-state index contributed by atoms with van der Waals surface area (Å²) >= 11 is 0. The predicted molar refractivity (Wildman–Crippen MR) is 79.1 cm³/mol. The van der Waals surface area contributed by atoms with Crippen LogP contribution in [0.5, 0.6) is 0 Å². The Bertz CT molecular complexity index is 391. The zero-order valence-corrected chi connectivity index (χ0v) is 12.8. The second-order valence-electron chi connectivity index (χ2n) is 6.21. The molecule has 2 rings (SSSR count). The van der Waals surface area contributed by atoms with E-state index in [0.717, 1.165) is 31.4 Å². The molecule has 1 aliphatic rings. The lowest BCUT2D eigenvalue weighted by atomic mass is 10.0. The first kappa shape index (κ1) is 14.5. The minimum Gasteiger partial charge on any atom is -0.317 e. The van der Waals surface area contributed by atoms with Crippen LogP contribution in [0.4, 0.5) is 0 Å². The zero-order valence-electron chi connectivity index (χ0n) is 12.8. The monoisotopic (exact) mass is 264 g/mol. The molecule has 4 nitrogen and oxygen atoms in total. The summed E-state index contributed by atoms with van der Waals surface area (Å²) in [5.41, 5.74) is 2.45. The summed E-state index contributed by atoms with van der Waals surface area (Å²) in [5, 5.41) is 7.92. The average molecular weight is 264 g/mol. The molecule has 108 valence electrons. The SMILES string of the molecule is Cc1cc(CN(CC(C)C)C2CCNCC2)n(C)n1. The fourth-order valence-corrected chi connectivity index (χ4v) is 3.00. The molecule has 0 aromatic carbocycles. The van der Waals surface area contributed by atoms with E-state index in [-0.39, 0.29) is 0 Å². The molecular weight excluding hydrogens is 236 g/mol. The van der Waals surface area contributed by atoms with Crippen molar-refractivity contribution in [2.24, 2.45) is 13.0 Å². The van der Waals surface area contributed by atoms with Gasteiger partial charge in [-0.25, -0.2) is 0 Å². The Kier molecular flexibility index (Phi) is 4.99. The van der Waals surface area contributed by atoms with Gasteiger partial charge in [0.05, 0.1) is 11.4 Å². The molecular formula is C15H28N4. The summed E-state index contributed by atoms with van der Waals surface area (Å²) in [4.78, 5) is 2.65. The van der Waals surface area contributed by atoms with Crippen molar-refractivity contribution in [3.63, 3.8) is 0 Å². The number of aryl methyl sites for hydroxylation is 2. The van der Waals surface area contributed by atoms with Crippen LogP contribution in [0.3, 0.4) is 0 Å². The second-order valence-corrected chi connectivity index (χ2v) is 6.21. The number of rotatable bonds is 5. The minimum absolute atomic E-state index is 0.712. The van der Waals surface area contributed by atoms with Crippen molar-refractivity contribution in [3.05, 3.63) is 17.5 Å². The topological polar surface area (TPSA) is 33.1 Å². The van der Waals surface area contributed by atoms with E-state index in [9.17, 15) is 0 Å². The molecule has 1 N–H and O–H groups in total. The molecule has 1 aromatic rings. The van der Waals surface area contributed by atoms with Gasteiger partial charge < -0.3 is 5.32 Å². The Hall–Kier alpha value is -0.870. The molecule has 1 aliphatic heterocycles. The molecule has 2 heterocycles. The first-order valence-electron chi connectivity index (χ1n) is 7.50. The highest BCUT2D eigenvalue weighted by Crippen LogP contribution is 2.17. The number of hydrogen-bond acceptors (Lipinski definition) is 3. The van der Waals surface area contributed by atoms with Crippen LogP contribution in [0.15, 0.2) is 6.07 Å². The molecule has 1 saturated heterocycles. The van der Waals surface area contributed by atoms with Crippen LogP contribution >= 0.6 is 0 Å². The van der Waals surface area contributed by atoms with Crippen LogP contribution in [0.25, 0.3) is 0 Å². The lowest BCUT2D eigenvalue weighted by Gasteiger charge is -2.35. The third-order valence-corrected chi connectivity index (χ3v) is 3.89. The van der Waals surface area contributed by atoms with E-state index in [4.69, 9.17) is 0 Å². The van der Waals surface area contributed by atoms with Gasteiger partial charge in [-0.15, -0.1) is 0 Å². The highest BCUT2D eigenvalue weighted by atomic mass is 15.3. The molecule has 0 atom stereocenters. The van der Waals surface area contributed by atoms with Crippen molar-refractivity contribution in [2.45, 2.75) is 46.2 Å². The zero-order chi connectivity index (χ0) is 13.8. The predicted octanol–water partition coefficient (Wildman–Crippen LogP) is 1.94. The van der Waals surface area contributed by atoms with Gasteiger partial charge in [0.2, 0.25) is 0 Å². The Balaban J connectivity index is 2.06. The molecule has 1 aromatic heterocycles. The summed E-state index contributed by atoms with van der Waals surface area (Å²) in [6.07, 6.45) is 2.53. The van der Waals surface area contributed by atoms with Gasteiger partial charge in [-0.1, -0.05) is 13.8 Å². The van der Waals surface area contributed by atoms with E-state index in [1.807, 2.05) is 4.68 Å². The van der Waals surface area contributed by atoms with Gasteiger partial charge in [0.15, 0.2) is 0 Å². The van der Waals surface area contributed by atoms with E-state index in [1.165, 1.54) is 25.1 Å². The van der Waals surface area contributed by atoms with Gasteiger partial charge in [-0.05, 0) is 44.8 Å². The Morgan fingerprint density at radius 2 is 2.11 bits per heavy atom. The Morgan fingerprint density at radius 1 is 1.42 bits per heavy atom. The molecule has 0 saturated carbocycles. The van der Waals surface area contributed by atoms with Crippen molar-refractivity contribution in [1.29, 1.82) is 0 Å². The van der Waals surface area contributed by atoms with Crippen molar-refractivity contribution in [2.75, 3.05) is 19.6 Å². The van der Waals surface area contributed by atoms with Gasteiger partial charge in [-0.3, -0.25) is 9.58 Å². The van der Waals surface area contributed by atoms with Crippen LogP contribution in [-0.4, -0.2) is 40.4 Å². The molecule has 19 heavy (non-hydrogen) atoms. The fraction of sp³-hybridized carbons (Fsp3) is 0.800. The first-order chi connectivity index (χ1) is 9.06. The van der Waals surface area contributed by atoms with Gasteiger partial charge in [-0.2, -0.15) is 5.10 Å². The number of nitrogens with one attached hydrogen (secondary N) is 1. The van der Waals surface area contributed by atoms with Crippen LogP contribution < -0.4 is 5.32 Å². The molecule has 0 bridgehead atoms. The third kappa shape index (κ3) is 4.05. The van der Waals surface area contributed by atoms with Gasteiger partial charge >= 0.3 is 0 Å². The Morgan fingerprint density at radius 3 is 2.63 bits per heavy atom. The largest absolute Gasteiger partial charge is 0.317 e. The van der Waals surface area contributed by atoms with Gasteiger partial charge in [0, 0.05) is 26.2 Å². The molecule has 4 heteroatoms. The smallest absolute Gasteiger partial charge is 0.0597 e. The van der Waals surface area contributed by atoms with E-state index >= 15 is 0 Å². The summed E-state index contributed by atoms with van der Waals surface area (Å²) < 4.78 is 2.03. The minimum atomic E-state index is 0.712. The standard InChI is InChI=1S/C15H28N4/c1-12(2)10-19(14-5-7-16-8-6-14)11-15-9-13(3)17-18(15)4/h9,12,14,16H,5-8,10-11H2,1-4H3. The molecule has 0 aliphatic carbocycles. The number of piperidine rings is 1. The van der Waals surface area contributed by atoms with E-state index in [2.05, 4.69) is 49.2 Å². The number of aromatic nitrogens is 2. The van der Waals surface area contributed by atoms with Crippen molar-refractivity contribution in [3.8, 4) is 0 Å². The lowest BCUT2D eigenvalue weighted by molar-refractivity contribution is 0.134. The maximum atomic E-state index is 4.47. The summed E-state index contributed by atoms with van der Waals surface area (Å²) in [6, 6.07) is 2.94. The maximum absolute atomic E-state index is 4.47. The first-order valence-corrected chi connectivity index (χ1v) is 7.50. The van der Waals surface area contributed by atoms with Crippen molar-refractivity contribution < 1.29 is 0 Å². The molecule has 0 radical (unpaired) electrons. The average Bonchev–Trinajstić information content (AvgIpc) is 2.67. The molecule has 0 unspecified atom stereocenters. The quantitative estimate of drug-likeness (QED) is 0.882. The van der Waals surface area contributed by atoms with Crippen LogP contribution in [0.1, 0.15) is 38.1 Å². The van der Waals surface area contributed by atoms with E-state index in [0.29, 0.717) is 5.92 Å². The Labute approximate surface area is 117 Å². The van der Waals surface area contributed by atoms with Crippen LogP contribution in [0.2, 0.25) is 0 Å². The normalized spacial score (nSPS) is 17.6. The summed E-state index contributed by atoms with van der Waals surface area (Å²) in [7, 11) is 2.05. The highest BCUT2D eigenvalue weighted by Gasteiger charge is 2.22. The van der Waals surface area contributed by atoms with E-state index in [1.54, 1.807) is 0 Å². The van der Waals surface area contributed by atoms with Gasteiger partial charge in [0.1, 0.15) is 0 Å². The summed E-state index contributed by atoms with van der Waals surface area (Å²) in [5.74, 6) is 0.712. The van der Waals surface area contributed by atoms with Gasteiger partial charge in [0.25, 0.3) is 0 Å². The molecule has 1 fully saturated rings. The second kappa shape index (κ2) is 6.53.